The molecule has 1 saturated heterocycles. The van der Waals surface area contributed by atoms with Crippen LogP contribution in [0.25, 0.3) is 0 Å². The van der Waals surface area contributed by atoms with E-state index in [1.165, 1.54) is 0 Å². The number of rotatable bonds is 3. The number of hydrogen-bond acceptors (Lipinski definition) is 2. The lowest BCUT2D eigenvalue weighted by molar-refractivity contribution is 0.323. The maximum atomic E-state index is 10.9. The summed E-state index contributed by atoms with van der Waals surface area (Å²) in [6, 6.07) is 0.305. The predicted octanol–water partition coefficient (Wildman–Crippen LogP) is 1.34. The average molecular weight is 209 g/mol. The van der Waals surface area contributed by atoms with Gasteiger partial charge in [-0.25, -0.2) is 4.21 Å². The topological polar surface area (TPSA) is 40.5 Å². The lowest BCUT2D eigenvalue weighted by atomic mass is 10.2. The lowest BCUT2D eigenvalue weighted by Gasteiger charge is -2.31. The fraction of sp³-hybridized carbons (Fsp3) is 1.00. The Morgan fingerprint density at radius 3 is 3.08 bits per heavy atom. The molecule has 1 heterocycles. The molecule has 1 aliphatic heterocycles. The summed E-state index contributed by atoms with van der Waals surface area (Å²) in [4.78, 5) is 0. The van der Waals surface area contributed by atoms with Gasteiger partial charge in [-0.05, 0) is 6.42 Å². The zero-order valence-electron chi connectivity index (χ0n) is 7.23. The Morgan fingerprint density at radius 1 is 1.75 bits per heavy atom. The molecule has 5 heteroatoms. The van der Waals surface area contributed by atoms with Crippen LogP contribution in [0.5, 0.6) is 0 Å². The number of thioether (sulfide) groups is 1. The highest BCUT2D eigenvalue weighted by molar-refractivity contribution is 7.99. The Bertz CT molecular complexity index is 163. The summed E-state index contributed by atoms with van der Waals surface area (Å²) in [5.41, 5.74) is 0. The van der Waals surface area contributed by atoms with E-state index in [0.29, 0.717) is 6.04 Å². The van der Waals surface area contributed by atoms with Gasteiger partial charge in [-0.15, -0.1) is 0 Å². The molecule has 0 aromatic carbocycles. The van der Waals surface area contributed by atoms with E-state index in [1.54, 1.807) is 4.31 Å². The van der Waals surface area contributed by atoms with E-state index < -0.39 is 11.3 Å². The predicted molar refractivity (Wildman–Crippen MR) is 53.5 cm³/mol. The van der Waals surface area contributed by atoms with E-state index in [2.05, 4.69) is 6.92 Å². The van der Waals surface area contributed by atoms with E-state index >= 15 is 0 Å². The fourth-order valence-electron chi connectivity index (χ4n) is 1.41. The van der Waals surface area contributed by atoms with E-state index in [1.807, 2.05) is 11.8 Å². The molecule has 1 fully saturated rings. The van der Waals surface area contributed by atoms with Gasteiger partial charge in [0.25, 0.3) is 0 Å². The molecule has 1 aliphatic rings. The third-order valence-electron chi connectivity index (χ3n) is 2.00. The highest BCUT2D eigenvalue weighted by atomic mass is 32.2. The van der Waals surface area contributed by atoms with Gasteiger partial charge in [-0.2, -0.15) is 16.1 Å². The number of hydrogen-bond donors (Lipinski definition) is 1. The number of nitrogens with zero attached hydrogens (tertiary/aromatic N) is 1. The van der Waals surface area contributed by atoms with Crippen LogP contribution in [0.3, 0.4) is 0 Å². The van der Waals surface area contributed by atoms with Crippen LogP contribution in [0.4, 0.5) is 0 Å². The molecular formula is C7H15NO2S2. The molecule has 0 radical (unpaired) electrons. The molecular weight excluding hydrogens is 194 g/mol. The second kappa shape index (κ2) is 5.21. The second-order valence-electron chi connectivity index (χ2n) is 2.89. The van der Waals surface area contributed by atoms with Crippen LogP contribution >= 0.6 is 11.8 Å². The third kappa shape index (κ3) is 2.73. The van der Waals surface area contributed by atoms with Crippen molar-refractivity contribution in [3.63, 3.8) is 0 Å². The molecule has 0 aromatic heterocycles. The van der Waals surface area contributed by atoms with E-state index in [9.17, 15) is 4.21 Å². The van der Waals surface area contributed by atoms with Crippen LogP contribution < -0.4 is 0 Å². The van der Waals surface area contributed by atoms with Crippen LogP contribution in [0, 0.1) is 0 Å². The van der Waals surface area contributed by atoms with Crippen molar-refractivity contribution in [1.82, 2.24) is 4.31 Å². The van der Waals surface area contributed by atoms with Crippen molar-refractivity contribution in [3.8, 4) is 0 Å². The molecule has 2 unspecified atom stereocenters. The quantitative estimate of drug-likeness (QED) is 0.713. The molecule has 0 amide bonds. The molecule has 0 saturated carbocycles. The SMILES string of the molecule is CCCC1CSCCN1S(=O)O. The van der Waals surface area contributed by atoms with Crippen LogP contribution in [0.1, 0.15) is 19.8 Å². The Labute approximate surface area is 80.3 Å². The smallest absolute Gasteiger partial charge is 0.234 e. The summed E-state index contributed by atoms with van der Waals surface area (Å²) in [6.45, 7) is 2.86. The molecule has 0 bridgehead atoms. The van der Waals surface area contributed by atoms with Gasteiger partial charge in [0.2, 0.25) is 11.3 Å². The standard InChI is InChI=1S/C7H15NO2S2/c1-2-3-7-6-11-5-4-8(7)12(9)10/h7H,2-6H2,1H3,(H,9,10). The van der Waals surface area contributed by atoms with Crippen molar-refractivity contribution < 1.29 is 8.76 Å². The molecule has 1 rings (SSSR count). The molecule has 0 aliphatic carbocycles. The Morgan fingerprint density at radius 2 is 2.50 bits per heavy atom. The summed E-state index contributed by atoms with van der Waals surface area (Å²) in [5.74, 6) is 1.98. The maximum absolute atomic E-state index is 10.9. The molecule has 1 N–H and O–H groups in total. The minimum absolute atomic E-state index is 0.305. The van der Waals surface area contributed by atoms with Gasteiger partial charge in [0.05, 0.1) is 0 Å². The first kappa shape index (κ1) is 10.5. The first-order valence-corrected chi connectivity index (χ1v) is 6.43. The summed E-state index contributed by atoms with van der Waals surface area (Å²) in [5, 5.41) is 0. The minimum atomic E-state index is -1.76. The van der Waals surface area contributed by atoms with Crippen molar-refractivity contribution in [2.24, 2.45) is 0 Å². The van der Waals surface area contributed by atoms with Crippen molar-refractivity contribution in [1.29, 1.82) is 0 Å². The van der Waals surface area contributed by atoms with Crippen LogP contribution in [-0.4, -0.2) is 37.2 Å². The van der Waals surface area contributed by atoms with Crippen LogP contribution in [0.2, 0.25) is 0 Å². The maximum Gasteiger partial charge on any atom is 0.234 e. The molecule has 72 valence electrons. The molecule has 2 atom stereocenters. The van der Waals surface area contributed by atoms with Crippen molar-refractivity contribution >= 4 is 23.0 Å². The Balaban J connectivity index is 2.48. The molecule has 12 heavy (non-hydrogen) atoms. The van der Waals surface area contributed by atoms with Gasteiger partial charge in [0, 0.05) is 24.1 Å². The zero-order valence-corrected chi connectivity index (χ0v) is 8.87. The largest absolute Gasteiger partial charge is 0.294 e. The summed E-state index contributed by atoms with van der Waals surface area (Å²) < 4.78 is 21.5. The third-order valence-corrected chi connectivity index (χ3v) is 3.97. The average Bonchev–Trinajstić information content (AvgIpc) is 2.05. The monoisotopic (exact) mass is 209 g/mol. The molecule has 3 nitrogen and oxygen atoms in total. The van der Waals surface area contributed by atoms with Gasteiger partial charge < -0.3 is 0 Å². The molecule has 0 spiro atoms. The highest BCUT2D eigenvalue weighted by Crippen LogP contribution is 2.20. The Hall–Kier alpha value is 0.420. The summed E-state index contributed by atoms with van der Waals surface area (Å²) in [6.07, 6.45) is 2.11. The normalized spacial score (nSPS) is 28.7. The van der Waals surface area contributed by atoms with Gasteiger partial charge >= 0.3 is 0 Å². The summed E-state index contributed by atoms with van der Waals surface area (Å²) >= 11 is 0.113. The van der Waals surface area contributed by atoms with Gasteiger partial charge in [0.1, 0.15) is 0 Å². The highest BCUT2D eigenvalue weighted by Gasteiger charge is 2.25. The van der Waals surface area contributed by atoms with Crippen LogP contribution in [-0.2, 0) is 11.3 Å². The van der Waals surface area contributed by atoms with Crippen molar-refractivity contribution in [2.75, 3.05) is 18.1 Å². The zero-order chi connectivity index (χ0) is 8.97. The minimum Gasteiger partial charge on any atom is -0.294 e. The van der Waals surface area contributed by atoms with Gasteiger partial charge in [-0.1, -0.05) is 13.3 Å². The van der Waals surface area contributed by atoms with Crippen molar-refractivity contribution in [3.05, 3.63) is 0 Å². The van der Waals surface area contributed by atoms with Crippen LogP contribution in [0.15, 0.2) is 0 Å². The first-order chi connectivity index (χ1) is 5.75. The lowest BCUT2D eigenvalue weighted by Crippen LogP contribution is -2.42. The summed E-state index contributed by atoms with van der Waals surface area (Å²) in [7, 11) is 0. The van der Waals surface area contributed by atoms with E-state index in [-0.39, 0.29) is 0 Å². The van der Waals surface area contributed by atoms with Crippen molar-refractivity contribution in [2.45, 2.75) is 25.8 Å². The van der Waals surface area contributed by atoms with Gasteiger partial charge in [-0.3, -0.25) is 4.55 Å². The molecule has 0 aromatic rings. The van der Waals surface area contributed by atoms with Gasteiger partial charge in [0.15, 0.2) is 0 Å². The van der Waals surface area contributed by atoms with E-state index in [4.69, 9.17) is 4.55 Å². The van der Waals surface area contributed by atoms with E-state index in [0.717, 1.165) is 30.9 Å². The first-order valence-electron chi connectivity index (χ1n) is 4.21. The Kier molecular flexibility index (Phi) is 4.56. The fourth-order valence-corrected chi connectivity index (χ4v) is 3.41. The second-order valence-corrected chi connectivity index (χ2v) is 4.97.